The molecule has 0 amide bonds. The van der Waals surface area contributed by atoms with Crippen LogP contribution in [0.25, 0.3) is 10.9 Å². The monoisotopic (exact) mass is 453 g/mol. The standard InChI is InChI=1S/C24H31N5O2S/c1-29(2)23-21-10-6-7-11-22(21)27-24(28-23)25-16-18-12-14-19(15-13-18)17-26-32(30,31)20-8-4-3-5-9-20/h3-11,18-19,26H,12-17H2,1-2H3,(H,25,27,28)/t18-,19-. The van der Waals surface area contributed by atoms with Crippen LogP contribution in [0.15, 0.2) is 59.5 Å². The summed E-state index contributed by atoms with van der Waals surface area (Å²) >= 11 is 0. The van der Waals surface area contributed by atoms with Crippen molar-refractivity contribution in [3.05, 3.63) is 54.6 Å². The van der Waals surface area contributed by atoms with Crippen molar-refractivity contribution < 1.29 is 8.42 Å². The van der Waals surface area contributed by atoms with Crippen LogP contribution >= 0.6 is 0 Å². The number of nitrogens with one attached hydrogen (secondary N) is 2. The first-order valence-electron chi connectivity index (χ1n) is 11.1. The van der Waals surface area contributed by atoms with E-state index in [4.69, 9.17) is 4.98 Å². The lowest BCUT2D eigenvalue weighted by Gasteiger charge is -2.28. The molecule has 0 unspecified atom stereocenters. The number of para-hydroxylation sites is 1. The zero-order valence-electron chi connectivity index (χ0n) is 18.7. The van der Waals surface area contributed by atoms with E-state index in [2.05, 4.69) is 15.0 Å². The third-order valence-corrected chi connectivity index (χ3v) is 7.58. The van der Waals surface area contributed by atoms with Crippen molar-refractivity contribution in [2.45, 2.75) is 30.6 Å². The minimum atomic E-state index is -3.43. The first-order valence-corrected chi connectivity index (χ1v) is 12.6. The van der Waals surface area contributed by atoms with E-state index in [0.717, 1.165) is 48.9 Å². The number of aromatic nitrogens is 2. The molecule has 1 heterocycles. The van der Waals surface area contributed by atoms with Gasteiger partial charge in [0.25, 0.3) is 0 Å². The fourth-order valence-corrected chi connectivity index (χ4v) is 5.40. The number of hydrogen-bond acceptors (Lipinski definition) is 6. The van der Waals surface area contributed by atoms with Crippen molar-refractivity contribution in [1.29, 1.82) is 0 Å². The molecular formula is C24H31N5O2S. The summed E-state index contributed by atoms with van der Waals surface area (Å²) in [7, 11) is 0.552. The molecule has 0 spiro atoms. The highest BCUT2D eigenvalue weighted by Crippen LogP contribution is 2.29. The normalized spacial score (nSPS) is 19.1. The molecule has 4 rings (SSSR count). The summed E-state index contributed by atoms with van der Waals surface area (Å²) in [6, 6.07) is 16.6. The van der Waals surface area contributed by atoms with Gasteiger partial charge in [-0.15, -0.1) is 0 Å². The third kappa shape index (κ3) is 5.37. The van der Waals surface area contributed by atoms with Crippen LogP contribution in [0, 0.1) is 11.8 Å². The molecule has 32 heavy (non-hydrogen) atoms. The summed E-state index contributed by atoms with van der Waals surface area (Å²) in [5.74, 6) is 2.48. The average Bonchev–Trinajstić information content (AvgIpc) is 2.82. The third-order valence-electron chi connectivity index (χ3n) is 6.14. The van der Waals surface area contributed by atoms with E-state index in [0.29, 0.717) is 29.2 Å². The van der Waals surface area contributed by atoms with Gasteiger partial charge in [-0.3, -0.25) is 0 Å². The molecule has 0 atom stereocenters. The number of hydrogen-bond donors (Lipinski definition) is 2. The molecule has 0 saturated heterocycles. The second-order valence-electron chi connectivity index (χ2n) is 8.71. The SMILES string of the molecule is CN(C)c1nc(NC[C@H]2CC[C@H](CNS(=O)(=O)c3ccccc3)CC2)nc2ccccc12. The first-order chi connectivity index (χ1) is 15.4. The van der Waals surface area contributed by atoms with Crippen molar-refractivity contribution in [2.75, 3.05) is 37.4 Å². The zero-order chi connectivity index (χ0) is 22.6. The maximum absolute atomic E-state index is 12.4. The Labute approximate surface area is 190 Å². The van der Waals surface area contributed by atoms with Crippen LogP contribution in [-0.4, -0.2) is 45.6 Å². The summed E-state index contributed by atoms with van der Waals surface area (Å²) in [5.41, 5.74) is 0.933. The molecule has 2 aromatic carbocycles. The summed E-state index contributed by atoms with van der Waals surface area (Å²) in [5, 5.41) is 4.48. The Bertz CT molecular complexity index is 1140. The maximum atomic E-state index is 12.4. The van der Waals surface area contributed by atoms with Crippen molar-refractivity contribution in [1.82, 2.24) is 14.7 Å². The van der Waals surface area contributed by atoms with Crippen LogP contribution in [0.4, 0.5) is 11.8 Å². The first kappa shape index (κ1) is 22.5. The van der Waals surface area contributed by atoms with E-state index >= 15 is 0 Å². The molecule has 0 aliphatic heterocycles. The minimum Gasteiger partial charge on any atom is -0.362 e. The second kappa shape index (κ2) is 9.83. The van der Waals surface area contributed by atoms with Crippen LogP contribution in [-0.2, 0) is 10.0 Å². The number of sulfonamides is 1. The maximum Gasteiger partial charge on any atom is 0.240 e. The fraction of sp³-hybridized carbons (Fsp3) is 0.417. The summed E-state index contributed by atoms with van der Waals surface area (Å²) < 4.78 is 27.6. The Morgan fingerprint density at radius 1 is 0.875 bits per heavy atom. The predicted octanol–water partition coefficient (Wildman–Crippen LogP) is 3.89. The van der Waals surface area contributed by atoms with Crippen molar-refractivity contribution in [3.63, 3.8) is 0 Å². The average molecular weight is 454 g/mol. The van der Waals surface area contributed by atoms with E-state index in [1.807, 2.05) is 49.3 Å². The van der Waals surface area contributed by atoms with Gasteiger partial charge in [0.15, 0.2) is 0 Å². The summed E-state index contributed by atoms with van der Waals surface area (Å²) in [6.45, 7) is 1.32. The molecule has 1 aliphatic carbocycles. The van der Waals surface area contributed by atoms with Gasteiger partial charge < -0.3 is 10.2 Å². The number of anilines is 2. The number of benzene rings is 2. The van der Waals surface area contributed by atoms with Gasteiger partial charge >= 0.3 is 0 Å². The Morgan fingerprint density at radius 3 is 2.19 bits per heavy atom. The van der Waals surface area contributed by atoms with Crippen LogP contribution in [0.2, 0.25) is 0 Å². The molecule has 3 aromatic rings. The Kier molecular flexibility index (Phi) is 6.91. The Hall–Kier alpha value is -2.71. The highest BCUT2D eigenvalue weighted by molar-refractivity contribution is 7.89. The van der Waals surface area contributed by atoms with Crippen LogP contribution < -0.4 is 14.9 Å². The van der Waals surface area contributed by atoms with Gasteiger partial charge in [-0.2, -0.15) is 4.98 Å². The van der Waals surface area contributed by atoms with E-state index in [-0.39, 0.29) is 0 Å². The van der Waals surface area contributed by atoms with E-state index in [1.165, 1.54) is 0 Å². The Balaban J connectivity index is 1.28. The predicted molar refractivity (Wildman–Crippen MR) is 129 cm³/mol. The Morgan fingerprint density at radius 2 is 1.50 bits per heavy atom. The molecule has 1 saturated carbocycles. The summed E-state index contributed by atoms with van der Waals surface area (Å²) in [4.78, 5) is 11.7. The van der Waals surface area contributed by atoms with Crippen molar-refractivity contribution in [3.8, 4) is 0 Å². The minimum absolute atomic E-state index is 0.324. The molecule has 1 aliphatic rings. The topological polar surface area (TPSA) is 87.2 Å². The fourth-order valence-electron chi connectivity index (χ4n) is 4.27. The van der Waals surface area contributed by atoms with Crippen molar-refractivity contribution >= 4 is 32.7 Å². The lowest BCUT2D eigenvalue weighted by molar-refractivity contribution is 0.284. The van der Waals surface area contributed by atoms with Gasteiger partial charge in [-0.1, -0.05) is 30.3 Å². The van der Waals surface area contributed by atoms with E-state index in [9.17, 15) is 8.42 Å². The lowest BCUT2D eigenvalue weighted by atomic mass is 9.82. The number of fused-ring (bicyclic) bond motifs is 1. The highest BCUT2D eigenvalue weighted by Gasteiger charge is 2.23. The number of nitrogens with zero attached hydrogens (tertiary/aromatic N) is 3. The molecule has 1 aromatic heterocycles. The molecule has 8 heteroatoms. The quantitative estimate of drug-likeness (QED) is 0.538. The molecule has 170 valence electrons. The largest absolute Gasteiger partial charge is 0.362 e. The molecule has 2 N–H and O–H groups in total. The van der Waals surface area contributed by atoms with Crippen LogP contribution in [0.3, 0.4) is 0 Å². The van der Waals surface area contributed by atoms with E-state index < -0.39 is 10.0 Å². The molecule has 1 fully saturated rings. The lowest BCUT2D eigenvalue weighted by Crippen LogP contribution is -2.32. The van der Waals surface area contributed by atoms with Gasteiger partial charge in [0.2, 0.25) is 16.0 Å². The summed E-state index contributed by atoms with van der Waals surface area (Å²) in [6.07, 6.45) is 4.17. The van der Waals surface area contributed by atoms with Gasteiger partial charge in [0.05, 0.1) is 10.4 Å². The highest BCUT2D eigenvalue weighted by atomic mass is 32.2. The van der Waals surface area contributed by atoms with Crippen LogP contribution in [0.1, 0.15) is 25.7 Å². The van der Waals surface area contributed by atoms with Crippen molar-refractivity contribution in [2.24, 2.45) is 11.8 Å². The zero-order valence-corrected chi connectivity index (χ0v) is 19.5. The smallest absolute Gasteiger partial charge is 0.240 e. The molecule has 7 nitrogen and oxygen atoms in total. The van der Waals surface area contributed by atoms with Gasteiger partial charge in [-0.05, 0) is 61.8 Å². The van der Waals surface area contributed by atoms with Gasteiger partial charge in [0, 0.05) is 32.6 Å². The molecule has 0 radical (unpaired) electrons. The molecule has 0 bridgehead atoms. The van der Waals surface area contributed by atoms with Gasteiger partial charge in [-0.25, -0.2) is 18.1 Å². The van der Waals surface area contributed by atoms with E-state index in [1.54, 1.807) is 24.3 Å². The molecular weight excluding hydrogens is 422 g/mol. The van der Waals surface area contributed by atoms with Gasteiger partial charge in [0.1, 0.15) is 5.82 Å². The number of rotatable bonds is 8. The second-order valence-corrected chi connectivity index (χ2v) is 10.5. The van der Waals surface area contributed by atoms with Crippen LogP contribution in [0.5, 0.6) is 0 Å².